The molecule has 2 aliphatic carbocycles. The van der Waals surface area contributed by atoms with E-state index in [4.69, 9.17) is 11.6 Å². The molecule has 4 heterocycles. The highest BCUT2D eigenvalue weighted by atomic mass is 35.5. The third kappa shape index (κ3) is 8.63. The summed E-state index contributed by atoms with van der Waals surface area (Å²) >= 11 is 6.26. The van der Waals surface area contributed by atoms with E-state index in [1.807, 2.05) is 10.6 Å². The van der Waals surface area contributed by atoms with Gasteiger partial charge in [0.2, 0.25) is 11.1 Å². The second kappa shape index (κ2) is 15.8. The Morgan fingerprint density at radius 2 is 1.14 bits per heavy atom. The molecule has 4 aliphatic rings. The number of rotatable bonds is 4. The van der Waals surface area contributed by atoms with Crippen molar-refractivity contribution < 1.29 is 35.9 Å². The van der Waals surface area contributed by atoms with Gasteiger partial charge in [-0.3, -0.25) is 18.7 Å². The summed E-state index contributed by atoms with van der Waals surface area (Å²) in [6.07, 6.45) is -1.35. The number of hydrogen-bond donors (Lipinski definition) is 4. The third-order valence-electron chi connectivity index (χ3n) is 9.77. The van der Waals surface area contributed by atoms with E-state index in [1.54, 1.807) is 6.92 Å². The lowest BCUT2D eigenvalue weighted by molar-refractivity contribution is -0.179. The Hall–Kier alpha value is -6.27. The number of benzene rings is 2. The summed E-state index contributed by atoms with van der Waals surface area (Å²) in [5.74, 6) is 9.67. The monoisotopic (exact) mass is 840 g/mol. The van der Waals surface area contributed by atoms with Crippen molar-refractivity contribution in [1.82, 2.24) is 29.7 Å². The molecule has 2 aromatic heterocycles. The summed E-state index contributed by atoms with van der Waals surface area (Å²) in [4.78, 5) is 55.7. The van der Waals surface area contributed by atoms with Crippen LogP contribution in [-0.2, 0) is 24.2 Å². The molecule has 4 aromatic rings. The molecule has 59 heavy (non-hydrogen) atoms. The van der Waals surface area contributed by atoms with Crippen molar-refractivity contribution in [2.45, 2.75) is 76.6 Å². The van der Waals surface area contributed by atoms with Gasteiger partial charge in [-0.2, -0.15) is 26.3 Å². The number of aryl methyl sites for hydroxylation is 1. The highest BCUT2D eigenvalue weighted by Gasteiger charge is 2.60. The zero-order valence-electron chi connectivity index (χ0n) is 30.2. The molecule has 12 nitrogen and oxygen atoms in total. The van der Waals surface area contributed by atoms with E-state index in [-0.39, 0.29) is 71.0 Å². The predicted molar refractivity (Wildman–Crippen MR) is 205 cm³/mol. The predicted octanol–water partition coefficient (Wildman–Crippen LogP) is 6.79. The van der Waals surface area contributed by atoms with Crippen LogP contribution in [0.4, 0.5) is 47.3 Å². The van der Waals surface area contributed by atoms with Gasteiger partial charge < -0.3 is 21.3 Å². The molecule has 2 saturated carbocycles. The second-order valence-corrected chi connectivity index (χ2v) is 14.6. The van der Waals surface area contributed by atoms with E-state index < -0.39 is 35.5 Å². The minimum atomic E-state index is -4.87. The average Bonchev–Trinajstić information content (AvgIpc) is 4.08. The van der Waals surface area contributed by atoms with Crippen LogP contribution in [-0.4, -0.2) is 43.5 Å². The summed E-state index contributed by atoms with van der Waals surface area (Å²) in [5, 5.41) is 8.77. The highest BCUT2D eigenvalue weighted by Crippen LogP contribution is 2.47. The number of urea groups is 2. The van der Waals surface area contributed by atoms with E-state index >= 15 is 0 Å². The summed E-state index contributed by atoms with van der Waals surface area (Å²) in [6.45, 7) is 1.75. The molecule has 0 bridgehead atoms. The number of anilines is 2. The van der Waals surface area contributed by atoms with Gasteiger partial charge >= 0.3 is 24.4 Å². The maximum absolute atomic E-state index is 14.2. The first-order valence-corrected chi connectivity index (χ1v) is 18.1. The van der Waals surface area contributed by atoms with Crippen LogP contribution < -0.4 is 32.4 Å². The van der Waals surface area contributed by atoms with Crippen LogP contribution >= 0.6 is 11.6 Å². The molecule has 8 rings (SSSR count). The molecule has 0 spiro atoms. The Morgan fingerprint density at radius 3 is 1.56 bits per heavy atom. The molecule has 4 N–H and O–H groups in total. The van der Waals surface area contributed by atoms with Crippen molar-refractivity contribution in [3.63, 3.8) is 0 Å². The highest BCUT2D eigenvalue weighted by molar-refractivity contribution is 6.31. The normalized spacial score (nSPS) is 20.4. The molecule has 2 aliphatic heterocycles. The summed E-state index contributed by atoms with van der Waals surface area (Å²) in [7, 11) is 0. The fourth-order valence-corrected chi connectivity index (χ4v) is 6.52. The first kappa shape index (κ1) is 42.3. The van der Waals surface area contributed by atoms with Gasteiger partial charge in [-0.15, -0.1) is 0 Å². The van der Waals surface area contributed by atoms with Crippen molar-refractivity contribution in [2.75, 3.05) is 10.6 Å². The van der Waals surface area contributed by atoms with Gasteiger partial charge in [-0.25, -0.2) is 19.6 Å². The molecule has 2 aromatic carbocycles. The zero-order chi connectivity index (χ0) is 41.6. The van der Waals surface area contributed by atoms with Crippen LogP contribution in [0.2, 0.25) is 5.02 Å². The number of nitrogens with zero attached hydrogens (tertiary/aromatic N) is 4. The molecule has 0 saturated heterocycles. The van der Waals surface area contributed by atoms with Crippen molar-refractivity contribution >= 4 is 35.0 Å². The third-order valence-corrected chi connectivity index (χ3v) is 10.1. The van der Waals surface area contributed by atoms with Gasteiger partial charge in [0, 0.05) is 63.9 Å². The average molecular weight is 841 g/mol. The Labute approximate surface area is 337 Å². The maximum Gasteiger partial charge on any atom is 0.427 e. The smallest absolute Gasteiger partial charge is 0.310 e. The van der Waals surface area contributed by atoms with E-state index in [1.165, 1.54) is 64.5 Å². The lowest BCUT2D eigenvalue weighted by Crippen LogP contribution is -2.59. The summed E-state index contributed by atoms with van der Waals surface area (Å²) < 4.78 is 87.4. The van der Waals surface area contributed by atoms with Crippen molar-refractivity contribution in [3.8, 4) is 23.7 Å². The molecule has 0 radical (unpaired) electrons. The minimum absolute atomic E-state index is 0. The van der Waals surface area contributed by atoms with Crippen LogP contribution in [0.15, 0.2) is 71.0 Å². The van der Waals surface area contributed by atoms with Crippen LogP contribution in [0.3, 0.4) is 0 Å². The first-order valence-electron chi connectivity index (χ1n) is 17.7. The largest absolute Gasteiger partial charge is 0.427 e. The van der Waals surface area contributed by atoms with Crippen LogP contribution in [0.25, 0.3) is 0 Å². The van der Waals surface area contributed by atoms with Crippen LogP contribution in [0, 0.1) is 42.4 Å². The van der Waals surface area contributed by atoms with Crippen molar-refractivity contribution in [3.05, 3.63) is 115 Å². The number of fused-ring (bicyclic) bond motifs is 2. The molecule has 2 fully saturated rings. The quantitative estimate of drug-likeness (QED) is 0.131. The van der Waals surface area contributed by atoms with Crippen LogP contribution in [0.1, 0.15) is 60.9 Å². The van der Waals surface area contributed by atoms with E-state index in [2.05, 4.69) is 44.3 Å². The van der Waals surface area contributed by atoms with E-state index in [9.17, 15) is 45.5 Å². The standard InChI is InChI=1S/C20H17F3N4O2.C19H14ClF3N4O2.CH4/c1-12-8-15-16(9-14(12)10-27-11-24-7-5-17(27)28)25-18(29)26-19(15,20(21,22)23)6-4-13-2-3-13;20-14-8-13-15(7-12(14)9-27-10-24-6-4-16(27)28)25-17(29)26-18(13,19(21,22)23)5-3-11-1-2-11;/h5,7-9,11,13H,2-3,10H2,1H3,(H2,25,26,29);4,6-8,10-11H,1-2,9H2,(H2,25,26,29);1H4. The molecule has 19 heteroatoms. The molecule has 4 amide bonds. The van der Waals surface area contributed by atoms with Gasteiger partial charge in [0.25, 0.3) is 11.1 Å². The molecular formula is C40H35ClF6N8O4. The van der Waals surface area contributed by atoms with Gasteiger partial charge in [-0.1, -0.05) is 42.7 Å². The molecular weight excluding hydrogens is 806 g/mol. The Kier molecular flexibility index (Phi) is 11.4. The van der Waals surface area contributed by atoms with Gasteiger partial charge in [-0.05, 0) is 73.6 Å². The molecule has 308 valence electrons. The lowest BCUT2D eigenvalue weighted by Gasteiger charge is -2.37. The Balaban J connectivity index is 0.000000195. The first-order chi connectivity index (χ1) is 27.4. The SMILES string of the molecule is C.Cc1cc2c(cc1Cn1cnccc1=O)NC(=O)NC2(C#CC1CC1)C(F)(F)F.O=C1Nc2cc(Cn3cnccc3=O)c(Cl)cc2C(C#CC2CC2)(C(F)(F)F)N1. The van der Waals surface area contributed by atoms with Gasteiger partial charge in [0.1, 0.15) is 0 Å². The number of carbonyl (C=O) groups is 2. The molecule has 2 atom stereocenters. The number of alkyl halides is 6. The van der Waals surface area contributed by atoms with Crippen molar-refractivity contribution in [1.29, 1.82) is 0 Å². The lowest BCUT2D eigenvalue weighted by atomic mass is 9.84. The van der Waals surface area contributed by atoms with Crippen molar-refractivity contribution in [2.24, 2.45) is 11.8 Å². The van der Waals surface area contributed by atoms with E-state index in [0.29, 0.717) is 16.7 Å². The fourth-order valence-electron chi connectivity index (χ4n) is 6.30. The second-order valence-electron chi connectivity index (χ2n) is 14.1. The number of nitrogens with one attached hydrogen (secondary N) is 4. The topological polar surface area (TPSA) is 152 Å². The van der Waals surface area contributed by atoms with Gasteiger partial charge in [0.15, 0.2) is 0 Å². The Bertz CT molecular complexity index is 2400. The minimum Gasteiger partial charge on any atom is -0.310 e. The number of amides is 4. The maximum atomic E-state index is 14.2. The number of hydrogen-bond acceptors (Lipinski definition) is 6. The summed E-state index contributed by atoms with van der Waals surface area (Å²) in [6, 6.07) is 5.84. The molecule has 2 unspecified atom stereocenters. The number of carbonyl (C=O) groups excluding carboxylic acids is 2. The van der Waals surface area contributed by atoms with E-state index in [0.717, 1.165) is 31.7 Å². The number of aromatic nitrogens is 4. The van der Waals surface area contributed by atoms with Crippen LogP contribution in [0.5, 0.6) is 0 Å². The Morgan fingerprint density at radius 1 is 0.712 bits per heavy atom. The fraction of sp³-hybridized carbons (Fsp3) is 0.350. The number of halogens is 7. The zero-order valence-corrected chi connectivity index (χ0v) is 31.0. The summed E-state index contributed by atoms with van der Waals surface area (Å²) in [5.41, 5.74) is -5.27. The van der Waals surface area contributed by atoms with Gasteiger partial charge in [0.05, 0.1) is 25.7 Å².